The second kappa shape index (κ2) is 9.36. The number of nitrogens with zero attached hydrogens (tertiary/aromatic N) is 1. The third-order valence-corrected chi connectivity index (χ3v) is 4.78. The van der Waals surface area contributed by atoms with Gasteiger partial charge in [0.2, 0.25) is 11.8 Å². The first-order chi connectivity index (χ1) is 12.7. The number of halogens is 2. The van der Waals surface area contributed by atoms with Crippen molar-refractivity contribution in [2.45, 2.75) is 52.6 Å². The van der Waals surface area contributed by atoms with Crippen LogP contribution in [0.5, 0.6) is 0 Å². The van der Waals surface area contributed by atoms with Crippen LogP contribution < -0.4 is 5.32 Å². The van der Waals surface area contributed by atoms with Crippen molar-refractivity contribution in [1.82, 2.24) is 10.2 Å². The fourth-order valence-electron chi connectivity index (χ4n) is 3.37. The van der Waals surface area contributed by atoms with Gasteiger partial charge in [0.15, 0.2) is 0 Å². The number of hydrogen-bond acceptors (Lipinski definition) is 2. The number of amides is 2. The summed E-state index contributed by atoms with van der Waals surface area (Å²) in [5.41, 5.74) is 0.286. The van der Waals surface area contributed by atoms with Gasteiger partial charge in [0.1, 0.15) is 11.9 Å². The molecule has 6 heteroatoms. The highest BCUT2D eigenvalue weighted by atomic mass is 35.5. The predicted octanol–water partition coefficient (Wildman–Crippen LogP) is 4.28. The Hall–Kier alpha value is -1.88. The average Bonchev–Trinajstić information content (AvgIpc) is 2.55. The number of carbonyl (C=O) groups is 2. The lowest BCUT2D eigenvalue weighted by atomic mass is 9.95. The molecule has 1 N–H and O–H groups in total. The maximum atomic E-state index is 13.9. The molecule has 0 radical (unpaired) electrons. The van der Waals surface area contributed by atoms with Gasteiger partial charge in [-0.3, -0.25) is 9.59 Å². The first-order valence-electron chi connectivity index (χ1n) is 9.41. The quantitative estimate of drug-likeness (QED) is 0.732. The van der Waals surface area contributed by atoms with Crippen LogP contribution in [0.1, 0.15) is 46.1 Å². The molecule has 1 aliphatic heterocycles. The molecule has 0 aromatic heterocycles. The summed E-state index contributed by atoms with van der Waals surface area (Å²) in [6, 6.07) is 3.74. The van der Waals surface area contributed by atoms with Crippen LogP contribution in [0.25, 0.3) is 6.08 Å². The molecular weight excluding hydrogens is 367 g/mol. The summed E-state index contributed by atoms with van der Waals surface area (Å²) in [7, 11) is 0. The van der Waals surface area contributed by atoms with E-state index in [9.17, 15) is 14.0 Å². The minimum Gasteiger partial charge on any atom is -0.350 e. The first-order valence-corrected chi connectivity index (χ1v) is 9.79. The van der Waals surface area contributed by atoms with E-state index in [0.717, 1.165) is 6.42 Å². The van der Waals surface area contributed by atoms with Gasteiger partial charge in [-0.15, -0.1) is 0 Å². The molecule has 148 valence electrons. The number of carbonyl (C=O) groups excluding carboxylic acids is 2. The lowest BCUT2D eigenvalue weighted by Gasteiger charge is -2.40. The van der Waals surface area contributed by atoms with Crippen LogP contribution in [0, 0.1) is 17.7 Å². The molecule has 1 saturated heterocycles. The van der Waals surface area contributed by atoms with E-state index >= 15 is 0 Å². The minimum absolute atomic E-state index is 0.0643. The highest BCUT2D eigenvalue weighted by Crippen LogP contribution is 2.21. The third-order valence-electron chi connectivity index (χ3n) is 4.54. The number of nitrogens with one attached hydrogen (secondary N) is 1. The maximum absolute atomic E-state index is 13.9. The van der Waals surface area contributed by atoms with Crippen LogP contribution in [0.15, 0.2) is 24.3 Å². The molecule has 2 rings (SSSR count). The molecule has 0 saturated carbocycles. The van der Waals surface area contributed by atoms with Gasteiger partial charge in [0, 0.05) is 29.2 Å². The third kappa shape index (κ3) is 6.06. The molecule has 1 fully saturated rings. The molecule has 1 aromatic carbocycles. The second-order valence-electron chi connectivity index (χ2n) is 7.97. The van der Waals surface area contributed by atoms with Gasteiger partial charge in [-0.05, 0) is 42.9 Å². The Bertz CT molecular complexity index is 718. The number of benzene rings is 1. The Balaban J connectivity index is 2.20. The number of hydrogen-bond donors (Lipinski definition) is 1. The van der Waals surface area contributed by atoms with Crippen molar-refractivity contribution in [1.29, 1.82) is 0 Å². The molecule has 2 atom stereocenters. The smallest absolute Gasteiger partial charge is 0.247 e. The van der Waals surface area contributed by atoms with E-state index in [1.165, 1.54) is 24.3 Å². The van der Waals surface area contributed by atoms with Crippen LogP contribution in [0.3, 0.4) is 0 Å². The van der Waals surface area contributed by atoms with Gasteiger partial charge < -0.3 is 10.2 Å². The van der Waals surface area contributed by atoms with Crippen molar-refractivity contribution < 1.29 is 14.0 Å². The number of rotatable bonds is 6. The highest BCUT2D eigenvalue weighted by molar-refractivity contribution is 6.30. The van der Waals surface area contributed by atoms with Crippen LogP contribution >= 0.6 is 11.6 Å². The zero-order chi connectivity index (χ0) is 20.1. The molecule has 0 aliphatic carbocycles. The SMILES string of the molecule is CC(C)C[C@H]1CN(C(=O)C=Cc2ccc(Cl)cc2F)[C@@H](CC(C)C)C(=O)N1. The minimum atomic E-state index is -0.499. The second-order valence-corrected chi connectivity index (χ2v) is 8.41. The fraction of sp³-hybridized carbons (Fsp3) is 0.524. The lowest BCUT2D eigenvalue weighted by molar-refractivity contribution is -0.142. The van der Waals surface area contributed by atoms with Crippen molar-refractivity contribution in [3.8, 4) is 0 Å². The molecule has 1 heterocycles. The highest BCUT2D eigenvalue weighted by Gasteiger charge is 2.36. The average molecular weight is 395 g/mol. The topological polar surface area (TPSA) is 49.4 Å². The molecule has 27 heavy (non-hydrogen) atoms. The van der Waals surface area contributed by atoms with Crippen LogP contribution in [-0.4, -0.2) is 35.3 Å². The Labute approximate surface area is 165 Å². The van der Waals surface area contributed by atoms with Crippen LogP contribution in [0.4, 0.5) is 4.39 Å². The van der Waals surface area contributed by atoms with Crippen molar-refractivity contribution in [2.75, 3.05) is 6.54 Å². The zero-order valence-electron chi connectivity index (χ0n) is 16.3. The van der Waals surface area contributed by atoms with E-state index < -0.39 is 11.9 Å². The van der Waals surface area contributed by atoms with Crippen LogP contribution in [-0.2, 0) is 9.59 Å². The zero-order valence-corrected chi connectivity index (χ0v) is 17.1. The Morgan fingerprint density at radius 3 is 2.56 bits per heavy atom. The summed E-state index contributed by atoms with van der Waals surface area (Å²) in [5.74, 6) is -0.194. The van der Waals surface area contributed by atoms with Crippen molar-refractivity contribution in [3.05, 3.63) is 40.7 Å². The van der Waals surface area contributed by atoms with Crippen molar-refractivity contribution in [3.63, 3.8) is 0 Å². The van der Waals surface area contributed by atoms with Crippen LogP contribution in [0.2, 0.25) is 5.02 Å². The molecule has 4 nitrogen and oxygen atoms in total. The van der Waals surface area contributed by atoms with E-state index in [0.29, 0.717) is 23.9 Å². The number of piperazine rings is 1. The van der Waals surface area contributed by atoms with Gasteiger partial charge in [-0.1, -0.05) is 45.4 Å². The van der Waals surface area contributed by atoms with Crippen molar-refractivity contribution >= 4 is 29.5 Å². The van der Waals surface area contributed by atoms with E-state index in [1.54, 1.807) is 11.0 Å². The van der Waals surface area contributed by atoms with E-state index in [-0.39, 0.29) is 29.3 Å². The summed E-state index contributed by atoms with van der Waals surface area (Å²) >= 11 is 5.76. The van der Waals surface area contributed by atoms with Gasteiger partial charge in [-0.2, -0.15) is 0 Å². The summed E-state index contributed by atoms with van der Waals surface area (Å²) in [5, 5.41) is 3.35. The fourth-order valence-corrected chi connectivity index (χ4v) is 3.53. The molecule has 1 aliphatic rings. The largest absolute Gasteiger partial charge is 0.350 e. The van der Waals surface area contributed by atoms with Gasteiger partial charge in [0.05, 0.1) is 0 Å². The lowest BCUT2D eigenvalue weighted by Crippen LogP contribution is -2.61. The Kier molecular flexibility index (Phi) is 7.42. The normalized spacial score (nSPS) is 20.6. The first kappa shape index (κ1) is 21.4. The summed E-state index contributed by atoms with van der Waals surface area (Å²) in [6.45, 7) is 8.68. The van der Waals surface area contributed by atoms with E-state index in [2.05, 4.69) is 19.2 Å². The maximum Gasteiger partial charge on any atom is 0.247 e. The molecule has 2 amide bonds. The standard InChI is InChI=1S/C21H28ClFN2O2/c1-13(2)9-17-12-25(19(10-14(3)4)21(27)24-17)20(26)8-6-15-5-7-16(22)11-18(15)23/h5-8,11,13-14,17,19H,9-10,12H2,1-4H3,(H,24,27)/t17-,19-/m0/s1. The Morgan fingerprint density at radius 1 is 1.30 bits per heavy atom. The monoisotopic (exact) mass is 394 g/mol. The predicted molar refractivity (Wildman–Crippen MR) is 107 cm³/mol. The molecule has 0 unspecified atom stereocenters. The van der Waals surface area contributed by atoms with Crippen molar-refractivity contribution in [2.24, 2.45) is 11.8 Å². The summed E-state index contributed by atoms with van der Waals surface area (Å²) < 4.78 is 13.9. The molecule has 0 spiro atoms. The van der Waals surface area contributed by atoms with Gasteiger partial charge in [-0.25, -0.2) is 4.39 Å². The molecule has 1 aromatic rings. The molecule has 0 bridgehead atoms. The summed E-state index contributed by atoms with van der Waals surface area (Å²) in [6.07, 6.45) is 4.17. The van der Waals surface area contributed by atoms with Gasteiger partial charge >= 0.3 is 0 Å². The Morgan fingerprint density at radius 2 is 1.96 bits per heavy atom. The summed E-state index contributed by atoms with van der Waals surface area (Å²) in [4.78, 5) is 27.0. The van der Waals surface area contributed by atoms with E-state index in [1.807, 2.05) is 13.8 Å². The molecular formula is C21H28ClFN2O2. The van der Waals surface area contributed by atoms with Gasteiger partial charge in [0.25, 0.3) is 0 Å². The van der Waals surface area contributed by atoms with E-state index in [4.69, 9.17) is 11.6 Å².